The Hall–Kier alpha value is -3.05. The molecule has 3 aromatic rings. The molecule has 0 saturated heterocycles. The van der Waals surface area contributed by atoms with Crippen molar-refractivity contribution in [1.29, 1.82) is 0 Å². The maximum Gasteiger partial charge on any atom is 0.280 e. The summed E-state index contributed by atoms with van der Waals surface area (Å²) in [4.78, 5) is 23.1. The molecule has 0 bridgehead atoms. The number of hydrogen-bond donors (Lipinski definition) is 6. The van der Waals surface area contributed by atoms with E-state index in [1.807, 2.05) is 0 Å². The normalized spacial score (nSPS) is 11.3. The quantitative estimate of drug-likeness (QED) is 0.290. The van der Waals surface area contributed by atoms with Crippen molar-refractivity contribution >= 4 is 17.1 Å². The van der Waals surface area contributed by atoms with Crippen molar-refractivity contribution in [2.45, 2.75) is 32.3 Å². The van der Waals surface area contributed by atoms with Crippen LogP contribution in [0.1, 0.15) is 31.4 Å². The minimum Gasteiger partial charge on any atom is -0.502 e. The summed E-state index contributed by atoms with van der Waals surface area (Å²) in [5.41, 5.74) is 5.18. The molecule has 0 unspecified atom stereocenters. The predicted molar refractivity (Wildman–Crippen MR) is 97.0 cm³/mol. The molecule has 0 fully saturated rings. The standard InChI is InChI=1S/C16H22N6O5/c17-5-3-1-2-4-6-18-16-20-13-10(14(26)21-16)19-8-22(13)15-12(25)11(24)9(7-23)27-15/h8,23-25H,1-7,17H2,(H2,18,20,21,26). The first kappa shape index (κ1) is 18.7. The molecule has 27 heavy (non-hydrogen) atoms. The molecule has 0 saturated carbocycles. The number of nitrogens with one attached hydrogen (secondary N) is 2. The van der Waals surface area contributed by atoms with E-state index in [0.717, 1.165) is 25.7 Å². The lowest BCUT2D eigenvalue weighted by atomic mass is 10.2. The predicted octanol–water partition coefficient (Wildman–Crippen LogP) is 0.536. The van der Waals surface area contributed by atoms with Crippen LogP contribution < -0.4 is 16.6 Å². The highest BCUT2D eigenvalue weighted by Gasteiger charge is 2.23. The molecule has 0 atom stereocenters. The van der Waals surface area contributed by atoms with Gasteiger partial charge >= 0.3 is 0 Å². The lowest BCUT2D eigenvalue weighted by Gasteiger charge is -2.06. The van der Waals surface area contributed by atoms with Gasteiger partial charge in [-0.1, -0.05) is 12.8 Å². The molecule has 7 N–H and O–H groups in total. The highest BCUT2D eigenvalue weighted by Crippen LogP contribution is 2.38. The van der Waals surface area contributed by atoms with Crippen LogP contribution in [0.15, 0.2) is 15.5 Å². The number of nitrogens with two attached hydrogens (primary N) is 1. The van der Waals surface area contributed by atoms with Crippen molar-refractivity contribution in [3.8, 4) is 17.4 Å². The molecule has 0 aromatic carbocycles. The molecular weight excluding hydrogens is 356 g/mol. The van der Waals surface area contributed by atoms with E-state index >= 15 is 0 Å². The second-order valence-corrected chi connectivity index (χ2v) is 6.02. The zero-order valence-corrected chi connectivity index (χ0v) is 14.6. The molecule has 0 amide bonds. The second-order valence-electron chi connectivity index (χ2n) is 6.02. The number of fused-ring (bicyclic) bond motifs is 1. The summed E-state index contributed by atoms with van der Waals surface area (Å²) in [6.07, 6.45) is 5.17. The van der Waals surface area contributed by atoms with Crippen molar-refractivity contribution in [3.63, 3.8) is 0 Å². The van der Waals surface area contributed by atoms with Crippen LogP contribution in [-0.4, -0.2) is 47.9 Å². The van der Waals surface area contributed by atoms with Gasteiger partial charge in [-0.15, -0.1) is 0 Å². The fraction of sp³-hybridized carbons (Fsp3) is 0.438. The van der Waals surface area contributed by atoms with Crippen molar-refractivity contribution in [2.24, 2.45) is 5.73 Å². The lowest BCUT2D eigenvalue weighted by molar-refractivity contribution is 0.239. The Morgan fingerprint density at radius 1 is 1.22 bits per heavy atom. The third kappa shape index (κ3) is 3.73. The number of aliphatic hydroxyl groups excluding tert-OH is 1. The molecule has 11 nitrogen and oxygen atoms in total. The topological polar surface area (TPSA) is 175 Å². The molecule has 0 spiro atoms. The summed E-state index contributed by atoms with van der Waals surface area (Å²) in [5, 5.41) is 32.0. The minimum absolute atomic E-state index is 0.0457. The number of aromatic hydroxyl groups is 2. The summed E-state index contributed by atoms with van der Waals surface area (Å²) in [5.74, 6) is -1.29. The van der Waals surface area contributed by atoms with Gasteiger partial charge in [0.1, 0.15) is 12.9 Å². The van der Waals surface area contributed by atoms with Gasteiger partial charge in [-0.25, -0.2) is 9.55 Å². The van der Waals surface area contributed by atoms with Crippen molar-refractivity contribution in [3.05, 3.63) is 22.4 Å². The van der Waals surface area contributed by atoms with Gasteiger partial charge in [-0.05, 0) is 19.4 Å². The molecule has 0 aliphatic carbocycles. The van der Waals surface area contributed by atoms with E-state index in [-0.39, 0.29) is 28.8 Å². The van der Waals surface area contributed by atoms with Crippen LogP contribution in [-0.2, 0) is 6.61 Å². The number of H-pyrrole nitrogens is 1. The number of anilines is 1. The van der Waals surface area contributed by atoms with Gasteiger partial charge < -0.3 is 30.8 Å². The Bertz CT molecular complexity index is 976. The van der Waals surface area contributed by atoms with E-state index in [9.17, 15) is 15.0 Å². The van der Waals surface area contributed by atoms with E-state index in [1.165, 1.54) is 10.9 Å². The van der Waals surface area contributed by atoms with Crippen LogP contribution in [0.5, 0.6) is 11.5 Å². The van der Waals surface area contributed by atoms with Gasteiger partial charge in [0, 0.05) is 6.54 Å². The zero-order valence-electron chi connectivity index (χ0n) is 14.6. The molecule has 0 radical (unpaired) electrons. The van der Waals surface area contributed by atoms with Crippen LogP contribution in [0.2, 0.25) is 0 Å². The third-order valence-electron chi connectivity index (χ3n) is 4.10. The van der Waals surface area contributed by atoms with Gasteiger partial charge in [0.2, 0.25) is 17.4 Å². The molecule has 11 heteroatoms. The Morgan fingerprint density at radius 3 is 2.70 bits per heavy atom. The number of imidazole rings is 1. The van der Waals surface area contributed by atoms with Crippen molar-refractivity contribution in [1.82, 2.24) is 19.5 Å². The van der Waals surface area contributed by atoms with Crippen LogP contribution >= 0.6 is 0 Å². The SMILES string of the molecule is NCCCCCCNc1nc2c(ncn2-c2oc(CO)c(O)c2O)c(=O)[nH]1. The maximum absolute atomic E-state index is 12.2. The molecule has 3 rings (SSSR count). The molecule has 3 heterocycles. The summed E-state index contributed by atoms with van der Waals surface area (Å²) in [7, 11) is 0. The van der Waals surface area contributed by atoms with Crippen LogP contribution in [0.4, 0.5) is 5.95 Å². The first-order valence-corrected chi connectivity index (χ1v) is 8.63. The third-order valence-corrected chi connectivity index (χ3v) is 4.10. The number of nitrogens with zero attached hydrogens (tertiary/aromatic N) is 3. The number of aliphatic hydroxyl groups is 1. The Morgan fingerprint density at radius 2 is 2.00 bits per heavy atom. The average molecular weight is 378 g/mol. The number of aromatic nitrogens is 4. The monoisotopic (exact) mass is 378 g/mol. The highest BCUT2D eigenvalue weighted by atomic mass is 16.4. The van der Waals surface area contributed by atoms with E-state index in [4.69, 9.17) is 15.3 Å². The number of hydrogen-bond acceptors (Lipinski definition) is 9. The first-order chi connectivity index (χ1) is 13.1. The molecular formula is C16H22N6O5. The average Bonchev–Trinajstić information content (AvgIpc) is 3.20. The lowest BCUT2D eigenvalue weighted by Crippen LogP contribution is -2.14. The van der Waals surface area contributed by atoms with Gasteiger partial charge in [0.15, 0.2) is 16.9 Å². The van der Waals surface area contributed by atoms with E-state index in [0.29, 0.717) is 13.1 Å². The van der Waals surface area contributed by atoms with Crippen LogP contribution in [0, 0.1) is 0 Å². The van der Waals surface area contributed by atoms with Crippen molar-refractivity contribution < 1.29 is 19.7 Å². The smallest absolute Gasteiger partial charge is 0.280 e. The Labute approximate surface area is 153 Å². The van der Waals surface area contributed by atoms with Gasteiger partial charge in [0.25, 0.3) is 11.4 Å². The summed E-state index contributed by atoms with van der Waals surface area (Å²) < 4.78 is 6.48. The van der Waals surface area contributed by atoms with E-state index in [2.05, 4.69) is 20.3 Å². The molecule has 3 aromatic heterocycles. The Balaban J connectivity index is 1.86. The minimum atomic E-state index is -0.600. The fourth-order valence-electron chi connectivity index (χ4n) is 2.69. The van der Waals surface area contributed by atoms with Crippen molar-refractivity contribution in [2.75, 3.05) is 18.4 Å². The highest BCUT2D eigenvalue weighted by molar-refractivity contribution is 5.73. The largest absolute Gasteiger partial charge is 0.502 e. The van der Waals surface area contributed by atoms with E-state index < -0.39 is 23.7 Å². The molecule has 146 valence electrons. The summed E-state index contributed by atoms with van der Waals surface area (Å²) in [6.45, 7) is 0.696. The Kier molecular flexibility index (Phi) is 5.62. The van der Waals surface area contributed by atoms with Gasteiger partial charge in [0.05, 0.1) is 0 Å². The van der Waals surface area contributed by atoms with E-state index in [1.54, 1.807) is 0 Å². The first-order valence-electron chi connectivity index (χ1n) is 8.63. The van der Waals surface area contributed by atoms with Crippen LogP contribution in [0.25, 0.3) is 17.0 Å². The fourth-order valence-corrected chi connectivity index (χ4v) is 2.69. The molecule has 0 aliphatic heterocycles. The van der Waals surface area contributed by atoms with Gasteiger partial charge in [-0.3, -0.25) is 9.78 Å². The number of unbranched alkanes of at least 4 members (excludes halogenated alkanes) is 3. The molecule has 0 aliphatic rings. The second kappa shape index (κ2) is 8.10. The summed E-state index contributed by atoms with van der Waals surface area (Å²) >= 11 is 0. The summed E-state index contributed by atoms with van der Waals surface area (Å²) in [6, 6.07) is 0. The zero-order chi connectivity index (χ0) is 19.4. The maximum atomic E-state index is 12.2. The number of aromatic amines is 1. The number of furan rings is 1. The van der Waals surface area contributed by atoms with Gasteiger partial charge in [-0.2, -0.15) is 4.98 Å². The number of rotatable bonds is 9. The van der Waals surface area contributed by atoms with Crippen LogP contribution in [0.3, 0.4) is 0 Å².